The molecule has 32 heavy (non-hydrogen) atoms. The normalized spacial score (nSPS) is 15.0. The first kappa shape index (κ1) is 22.1. The largest absolute Gasteiger partial charge is 0.480 e. The molecule has 0 spiro atoms. The zero-order valence-corrected chi connectivity index (χ0v) is 17.6. The van der Waals surface area contributed by atoms with Crippen molar-refractivity contribution in [2.45, 2.75) is 12.7 Å². The van der Waals surface area contributed by atoms with Crippen LogP contribution in [0.15, 0.2) is 23.7 Å². The number of hydrogen-bond acceptors (Lipinski definition) is 9. The molecule has 3 aromatic rings. The molecule has 4 heterocycles. The zero-order valence-electron chi connectivity index (χ0n) is 16.8. The van der Waals surface area contributed by atoms with E-state index in [1.165, 1.54) is 19.2 Å². The Morgan fingerprint density at radius 1 is 1.28 bits per heavy atom. The van der Waals surface area contributed by atoms with Crippen LogP contribution in [0.5, 0.6) is 5.88 Å². The molecule has 1 aliphatic heterocycles. The van der Waals surface area contributed by atoms with Crippen molar-refractivity contribution < 1.29 is 27.4 Å². The summed E-state index contributed by atoms with van der Waals surface area (Å²) in [6.45, 7) is 3.37. The van der Waals surface area contributed by atoms with Crippen LogP contribution in [0, 0.1) is 0 Å². The maximum absolute atomic E-state index is 13.8. The van der Waals surface area contributed by atoms with Crippen LogP contribution in [-0.4, -0.2) is 69.2 Å². The van der Waals surface area contributed by atoms with Crippen molar-refractivity contribution in [2.24, 2.45) is 0 Å². The molecular weight excluding hydrogens is 451 g/mol. The van der Waals surface area contributed by atoms with Gasteiger partial charge in [-0.25, -0.2) is 9.67 Å². The van der Waals surface area contributed by atoms with E-state index in [0.717, 1.165) is 30.6 Å². The summed E-state index contributed by atoms with van der Waals surface area (Å²) < 4.78 is 52.1. The van der Waals surface area contributed by atoms with Crippen LogP contribution in [0.25, 0.3) is 5.82 Å². The lowest BCUT2D eigenvalue weighted by Gasteiger charge is -2.25. The Balaban J connectivity index is 1.54. The molecule has 10 nitrogen and oxygen atoms in total. The van der Waals surface area contributed by atoms with Gasteiger partial charge in [0.15, 0.2) is 16.6 Å². The molecule has 14 heteroatoms. The Kier molecular flexibility index (Phi) is 6.34. The summed E-state index contributed by atoms with van der Waals surface area (Å²) in [6, 6.07) is 2.60. The zero-order chi connectivity index (χ0) is 22.7. The maximum Gasteiger partial charge on any atom is 0.434 e. The van der Waals surface area contributed by atoms with E-state index in [4.69, 9.17) is 9.47 Å². The molecule has 1 N–H and O–H groups in total. The van der Waals surface area contributed by atoms with E-state index in [0.29, 0.717) is 30.1 Å². The second-order valence-corrected chi connectivity index (χ2v) is 7.60. The number of nitrogens with one attached hydrogen (secondary N) is 1. The van der Waals surface area contributed by atoms with Gasteiger partial charge in [0.25, 0.3) is 5.91 Å². The summed E-state index contributed by atoms with van der Waals surface area (Å²) in [6.07, 6.45) is -4.03. The SMILES string of the molecule is COc1ccc(-n2ncc(C(=O)Nc3nc(CN4CCOCC4)cs3)c2C(F)(F)F)nn1. The summed E-state index contributed by atoms with van der Waals surface area (Å²) in [5.41, 5.74) is -1.20. The number of methoxy groups -OCH3 is 1. The summed E-state index contributed by atoms with van der Waals surface area (Å²) in [7, 11) is 1.35. The maximum atomic E-state index is 13.8. The fourth-order valence-electron chi connectivity index (χ4n) is 3.09. The Morgan fingerprint density at radius 3 is 2.72 bits per heavy atom. The predicted octanol–water partition coefficient (Wildman–Crippen LogP) is 2.23. The van der Waals surface area contributed by atoms with Crippen LogP contribution in [0.1, 0.15) is 21.7 Å². The highest BCUT2D eigenvalue weighted by atomic mass is 32.1. The lowest BCUT2D eigenvalue weighted by atomic mass is 10.2. The Bertz CT molecular complexity index is 1080. The van der Waals surface area contributed by atoms with Gasteiger partial charge in [0, 0.05) is 31.1 Å². The van der Waals surface area contributed by atoms with E-state index in [2.05, 4.69) is 30.5 Å². The molecule has 0 unspecified atom stereocenters. The van der Waals surface area contributed by atoms with Crippen molar-refractivity contribution >= 4 is 22.4 Å². The number of carbonyl (C=O) groups excluding carboxylic acids is 1. The fourth-order valence-corrected chi connectivity index (χ4v) is 3.78. The minimum absolute atomic E-state index is 0.129. The third kappa shape index (κ3) is 4.87. The summed E-state index contributed by atoms with van der Waals surface area (Å²) in [5.74, 6) is -1.05. The van der Waals surface area contributed by atoms with Gasteiger partial charge in [-0.15, -0.1) is 21.5 Å². The summed E-state index contributed by atoms with van der Waals surface area (Å²) in [4.78, 5) is 19.1. The number of nitrogens with zero attached hydrogens (tertiary/aromatic N) is 6. The number of rotatable bonds is 6. The van der Waals surface area contributed by atoms with E-state index < -0.39 is 23.3 Å². The number of alkyl halides is 3. The molecule has 1 saturated heterocycles. The Morgan fingerprint density at radius 2 is 2.06 bits per heavy atom. The first-order valence-electron chi connectivity index (χ1n) is 9.44. The third-order valence-corrected chi connectivity index (χ3v) is 5.40. The first-order chi connectivity index (χ1) is 15.3. The minimum atomic E-state index is -4.87. The highest BCUT2D eigenvalue weighted by Crippen LogP contribution is 2.34. The second kappa shape index (κ2) is 9.18. The van der Waals surface area contributed by atoms with Gasteiger partial charge in [0.2, 0.25) is 5.88 Å². The number of thiazole rings is 1. The highest BCUT2D eigenvalue weighted by Gasteiger charge is 2.41. The number of halogens is 3. The van der Waals surface area contributed by atoms with Crippen LogP contribution < -0.4 is 10.1 Å². The molecule has 0 atom stereocenters. The van der Waals surface area contributed by atoms with Crippen molar-refractivity contribution in [3.63, 3.8) is 0 Å². The molecule has 3 aromatic heterocycles. The van der Waals surface area contributed by atoms with Crippen molar-refractivity contribution in [3.05, 3.63) is 40.7 Å². The molecule has 0 radical (unpaired) electrons. The molecule has 4 rings (SSSR count). The van der Waals surface area contributed by atoms with E-state index in [1.807, 2.05) is 0 Å². The third-order valence-electron chi connectivity index (χ3n) is 4.60. The molecular formula is C18H18F3N7O3S. The van der Waals surface area contributed by atoms with Crippen molar-refractivity contribution in [3.8, 4) is 11.7 Å². The average Bonchev–Trinajstić information content (AvgIpc) is 3.41. The molecule has 1 aliphatic rings. The number of ether oxygens (including phenoxy) is 2. The van der Waals surface area contributed by atoms with Gasteiger partial charge in [-0.05, 0) is 6.07 Å². The highest BCUT2D eigenvalue weighted by molar-refractivity contribution is 7.14. The van der Waals surface area contributed by atoms with Crippen LogP contribution in [0.4, 0.5) is 18.3 Å². The minimum Gasteiger partial charge on any atom is -0.480 e. The monoisotopic (exact) mass is 469 g/mol. The fraction of sp³-hybridized carbons (Fsp3) is 0.389. The summed E-state index contributed by atoms with van der Waals surface area (Å²) in [5, 5.41) is 15.4. The van der Waals surface area contributed by atoms with E-state index in [-0.39, 0.29) is 16.8 Å². The molecule has 0 saturated carbocycles. The molecule has 1 fully saturated rings. The Labute approximate surface area is 184 Å². The van der Waals surface area contributed by atoms with E-state index in [1.54, 1.807) is 5.38 Å². The van der Waals surface area contributed by atoms with Crippen LogP contribution >= 0.6 is 11.3 Å². The van der Waals surface area contributed by atoms with Crippen molar-refractivity contribution in [1.29, 1.82) is 0 Å². The van der Waals surface area contributed by atoms with Gasteiger partial charge < -0.3 is 9.47 Å². The van der Waals surface area contributed by atoms with Gasteiger partial charge in [-0.1, -0.05) is 0 Å². The number of aromatic nitrogens is 5. The Hall–Kier alpha value is -3.10. The first-order valence-corrected chi connectivity index (χ1v) is 10.3. The quantitative estimate of drug-likeness (QED) is 0.586. The van der Waals surface area contributed by atoms with Gasteiger partial charge >= 0.3 is 6.18 Å². The second-order valence-electron chi connectivity index (χ2n) is 6.74. The van der Waals surface area contributed by atoms with E-state index >= 15 is 0 Å². The average molecular weight is 469 g/mol. The topological polar surface area (TPSA) is 107 Å². The number of hydrogen-bond donors (Lipinski definition) is 1. The predicted molar refractivity (Wildman–Crippen MR) is 107 cm³/mol. The van der Waals surface area contributed by atoms with Crippen LogP contribution in [0.2, 0.25) is 0 Å². The van der Waals surface area contributed by atoms with Crippen molar-refractivity contribution in [2.75, 3.05) is 38.7 Å². The lowest BCUT2D eigenvalue weighted by molar-refractivity contribution is -0.143. The standard InChI is InChI=1S/C18H18F3N7O3S/c1-30-14-3-2-13(25-26-14)28-15(18(19,20)21)12(8-22-28)16(29)24-17-23-11(10-32-17)9-27-4-6-31-7-5-27/h2-3,8,10H,4-7,9H2,1H3,(H,23,24,29). The lowest BCUT2D eigenvalue weighted by Crippen LogP contribution is -2.35. The number of amides is 1. The molecule has 0 aromatic carbocycles. The van der Waals surface area contributed by atoms with Gasteiger partial charge in [-0.2, -0.15) is 18.3 Å². The van der Waals surface area contributed by atoms with Crippen LogP contribution in [0.3, 0.4) is 0 Å². The number of morpholine rings is 1. The molecule has 170 valence electrons. The number of anilines is 1. The van der Waals surface area contributed by atoms with Gasteiger partial charge in [-0.3, -0.25) is 15.0 Å². The van der Waals surface area contributed by atoms with Gasteiger partial charge in [0.05, 0.1) is 37.8 Å². The molecule has 0 aliphatic carbocycles. The number of carbonyl (C=O) groups is 1. The molecule has 0 bridgehead atoms. The smallest absolute Gasteiger partial charge is 0.434 e. The molecule has 1 amide bonds. The van der Waals surface area contributed by atoms with Gasteiger partial charge in [0.1, 0.15) is 0 Å². The van der Waals surface area contributed by atoms with Crippen molar-refractivity contribution in [1.82, 2.24) is 29.9 Å². The van der Waals surface area contributed by atoms with E-state index in [9.17, 15) is 18.0 Å². The summed E-state index contributed by atoms with van der Waals surface area (Å²) >= 11 is 1.14. The van der Waals surface area contributed by atoms with Crippen LogP contribution in [-0.2, 0) is 17.5 Å².